The number of halogens is 1. The number of hydrogen-bond donors (Lipinski definition) is 1. The SMILES string of the molecule is CCC(C(=O)NC(C)c1ccc2c(c1)CCC2)N(c1ccc(OC)c(Cl)c1)S(C)(=O)=O. The summed E-state index contributed by atoms with van der Waals surface area (Å²) in [6, 6.07) is 9.84. The third-order valence-electron chi connectivity index (χ3n) is 5.70. The van der Waals surface area contributed by atoms with E-state index >= 15 is 0 Å². The van der Waals surface area contributed by atoms with Crippen LogP contribution in [0.1, 0.15) is 49.4 Å². The van der Waals surface area contributed by atoms with Crippen molar-refractivity contribution in [2.75, 3.05) is 17.7 Å². The molecule has 168 valence electrons. The van der Waals surface area contributed by atoms with Gasteiger partial charge in [0.05, 0.1) is 30.1 Å². The van der Waals surface area contributed by atoms with Gasteiger partial charge in [0.15, 0.2) is 0 Å². The van der Waals surface area contributed by atoms with E-state index in [1.807, 2.05) is 13.0 Å². The normalized spacial score (nSPS) is 15.1. The monoisotopic (exact) mass is 464 g/mol. The summed E-state index contributed by atoms with van der Waals surface area (Å²) in [6.45, 7) is 3.70. The fourth-order valence-corrected chi connectivity index (χ4v) is 5.56. The van der Waals surface area contributed by atoms with E-state index in [1.54, 1.807) is 19.1 Å². The first kappa shape index (κ1) is 23.4. The second-order valence-electron chi connectivity index (χ2n) is 7.91. The van der Waals surface area contributed by atoms with Crippen LogP contribution in [0.3, 0.4) is 0 Å². The van der Waals surface area contributed by atoms with Crippen LogP contribution in [0.5, 0.6) is 5.75 Å². The third kappa shape index (κ3) is 5.15. The van der Waals surface area contributed by atoms with E-state index in [0.29, 0.717) is 17.9 Å². The predicted octanol–water partition coefficient (Wildman–Crippen LogP) is 4.26. The molecule has 0 radical (unpaired) electrons. The first-order valence-corrected chi connectivity index (χ1v) is 12.6. The number of nitrogens with zero attached hydrogens (tertiary/aromatic N) is 1. The van der Waals surface area contributed by atoms with Crippen LogP contribution >= 0.6 is 11.6 Å². The molecule has 3 rings (SSSR count). The van der Waals surface area contributed by atoms with Crippen molar-refractivity contribution in [3.05, 3.63) is 58.1 Å². The fraction of sp³-hybridized carbons (Fsp3) is 0.435. The lowest BCUT2D eigenvalue weighted by atomic mass is 10.0. The Morgan fingerprint density at radius 3 is 2.52 bits per heavy atom. The Balaban J connectivity index is 1.86. The zero-order valence-electron chi connectivity index (χ0n) is 18.3. The maximum atomic E-state index is 13.2. The highest BCUT2D eigenvalue weighted by Gasteiger charge is 2.32. The molecule has 0 aromatic heterocycles. The van der Waals surface area contributed by atoms with Crippen LogP contribution in [-0.4, -0.2) is 33.7 Å². The van der Waals surface area contributed by atoms with E-state index in [1.165, 1.54) is 24.3 Å². The lowest BCUT2D eigenvalue weighted by molar-refractivity contribution is -0.122. The number of amides is 1. The molecule has 0 aliphatic heterocycles. The average Bonchev–Trinajstić information content (AvgIpc) is 3.18. The molecule has 2 unspecified atom stereocenters. The molecule has 1 aliphatic carbocycles. The van der Waals surface area contributed by atoms with Gasteiger partial charge in [0.25, 0.3) is 0 Å². The topological polar surface area (TPSA) is 75.7 Å². The van der Waals surface area contributed by atoms with Gasteiger partial charge in [-0.1, -0.05) is 36.7 Å². The summed E-state index contributed by atoms with van der Waals surface area (Å²) in [5.74, 6) is 0.0782. The van der Waals surface area contributed by atoms with Gasteiger partial charge in [-0.25, -0.2) is 8.42 Å². The minimum absolute atomic E-state index is 0.242. The van der Waals surface area contributed by atoms with E-state index in [9.17, 15) is 13.2 Å². The lowest BCUT2D eigenvalue weighted by Crippen LogP contribution is -2.49. The molecule has 8 heteroatoms. The molecule has 6 nitrogen and oxygen atoms in total. The fourth-order valence-electron chi connectivity index (χ4n) is 4.11. The number of hydrogen-bond acceptors (Lipinski definition) is 4. The molecule has 1 N–H and O–H groups in total. The molecular formula is C23H29ClN2O4S. The Bertz CT molecular complexity index is 1070. The third-order valence-corrected chi connectivity index (χ3v) is 7.18. The first-order valence-electron chi connectivity index (χ1n) is 10.4. The number of ether oxygens (including phenoxy) is 1. The number of carbonyl (C=O) groups excluding carboxylic acids is 1. The molecule has 0 saturated carbocycles. The summed E-state index contributed by atoms with van der Waals surface area (Å²) < 4.78 is 31.6. The van der Waals surface area contributed by atoms with Crippen LogP contribution in [0.15, 0.2) is 36.4 Å². The molecule has 0 heterocycles. The van der Waals surface area contributed by atoms with Crippen molar-refractivity contribution in [1.29, 1.82) is 0 Å². The zero-order valence-corrected chi connectivity index (χ0v) is 19.9. The van der Waals surface area contributed by atoms with Gasteiger partial charge in [-0.05, 0) is 67.5 Å². The van der Waals surface area contributed by atoms with E-state index in [0.717, 1.165) is 35.4 Å². The Morgan fingerprint density at radius 2 is 1.90 bits per heavy atom. The second-order valence-corrected chi connectivity index (χ2v) is 10.2. The number of anilines is 1. The molecule has 0 fully saturated rings. The van der Waals surface area contributed by atoms with Crippen molar-refractivity contribution < 1.29 is 17.9 Å². The molecular weight excluding hydrogens is 436 g/mol. The van der Waals surface area contributed by atoms with E-state index in [2.05, 4.69) is 17.4 Å². The van der Waals surface area contributed by atoms with Gasteiger partial charge in [0.2, 0.25) is 15.9 Å². The molecule has 2 atom stereocenters. The van der Waals surface area contributed by atoms with Gasteiger partial charge in [0.1, 0.15) is 11.8 Å². The number of rotatable bonds is 8. The van der Waals surface area contributed by atoms with Crippen LogP contribution in [0, 0.1) is 0 Å². The maximum absolute atomic E-state index is 13.2. The molecule has 1 aliphatic rings. The highest BCUT2D eigenvalue weighted by molar-refractivity contribution is 7.92. The van der Waals surface area contributed by atoms with Gasteiger partial charge in [-0.3, -0.25) is 9.10 Å². The van der Waals surface area contributed by atoms with E-state index < -0.39 is 16.1 Å². The molecule has 2 aromatic carbocycles. The summed E-state index contributed by atoms with van der Waals surface area (Å²) in [5, 5.41) is 3.27. The van der Waals surface area contributed by atoms with E-state index in [-0.39, 0.29) is 17.0 Å². The molecule has 0 saturated heterocycles. The number of benzene rings is 2. The highest BCUT2D eigenvalue weighted by Crippen LogP contribution is 2.32. The summed E-state index contributed by atoms with van der Waals surface area (Å²) in [6.07, 6.45) is 4.71. The highest BCUT2D eigenvalue weighted by atomic mass is 35.5. The predicted molar refractivity (Wildman–Crippen MR) is 124 cm³/mol. The largest absolute Gasteiger partial charge is 0.495 e. The summed E-state index contributed by atoms with van der Waals surface area (Å²) in [5.41, 5.74) is 4.03. The van der Waals surface area contributed by atoms with Gasteiger partial charge in [-0.2, -0.15) is 0 Å². The summed E-state index contributed by atoms with van der Waals surface area (Å²) in [4.78, 5) is 13.2. The Labute approximate surface area is 189 Å². The Morgan fingerprint density at radius 1 is 1.19 bits per heavy atom. The van der Waals surface area contributed by atoms with Crippen LogP contribution in [0.2, 0.25) is 5.02 Å². The smallest absolute Gasteiger partial charge is 0.244 e. The van der Waals surface area contributed by atoms with Crippen molar-refractivity contribution in [3.8, 4) is 5.75 Å². The number of sulfonamides is 1. The molecule has 0 spiro atoms. The quantitative estimate of drug-likeness (QED) is 0.633. The molecule has 31 heavy (non-hydrogen) atoms. The number of aryl methyl sites for hydroxylation is 2. The lowest BCUT2D eigenvalue weighted by Gasteiger charge is -2.31. The van der Waals surface area contributed by atoms with Crippen LogP contribution in [0.4, 0.5) is 5.69 Å². The first-order chi connectivity index (χ1) is 14.7. The van der Waals surface area contributed by atoms with Crippen molar-refractivity contribution >= 4 is 33.2 Å². The minimum atomic E-state index is -3.75. The molecule has 2 aromatic rings. The maximum Gasteiger partial charge on any atom is 0.244 e. The Kier molecular flexibility index (Phi) is 7.17. The van der Waals surface area contributed by atoms with Gasteiger partial charge < -0.3 is 10.1 Å². The second kappa shape index (κ2) is 9.49. The number of nitrogens with one attached hydrogen (secondary N) is 1. The van der Waals surface area contributed by atoms with Crippen LogP contribution < -0.4 is 14.4 Å². The number of carbonyl (C=O) groups is 1. The van der Waals surface area contributed by atoms with Crippen molar-refractivity contribution in [3.63, 3.8) is 0 Å². The van der Waals surface area contributed by atoms with Gasteiger partial charge >= 0.3 is 0 Å². The van der Waals surface area contributed by atoms with E-state index in [4.69, 9.17) is 16.3 Å². The van der Waals surface area contributed by atoms with Crippen molar-refractivity contribution in [2.45, 2.75) is 51.6 Å². The number of methoxy groups -OCH3 is 1. The average molecular weight is 465 g/mol. The summed E-state index contributed by atoms with van der Waals surface area (Å²) in [7, 11) is -2.26. The molecule has 0 bridgehead atoms. The number of fused-ring (bicyclic) bond motifs is 1. The van der Waals surface area contributed by atoms with Gasteiger partial charge in [-0.15, -0.1) is 0 Å². The van der Waals surface area contributed by atoms with Crippen LogP contribution in [-0.2, 0) is 27.7 Å². The van der Waals surface area contributed by atoms with Gasteiger partial charge in [0, 0.05) is 0 Å². The van der Waals surface area contributed by atoms with Crippen molar-refractivity contribution in [2.24, 2.45) is 0 Å². The Hall–Kier alpha value is -2.25. The minimum Gasteiger partial charge on any atom is -0.495 e. The molecule has 1 amide bonds. The summed E-state index contributed by atoms with van der Waals surface area (Å²) >= 11 is 6.21. The van der Waals surface area contributed by atoms with Crippen molar-refractivity contribution in [1.82, 2.24) is 5.32 Å². The standard InChI is InChI=1S/C23H29ClN2O4S/c1-5-21(26(31(4,28)29)19-11-12-22(30-3)20(24)14-19)23(27)25-15(2)17-10-9-16-7-6-8-18(16)13-17/h9-15,21H,5-8H2,1-4H3,(H,25,27). The van der Waals surface area contributed by atoms with Crippen LogP contribution in [0.25, 0.3) is 0 Å². The zero-order chi connectivity index (χ0) is 22.8.